The fourth-order valence-electron chi connectivity index (χ4n) is 3.60. The molecule has 1 aliphatic heterocycles. The van der Waals surface area contributed by atoms with E-state index in [1.807, 2.05) is 24.3 Å². The Bertz CT molecular complexity index is 1030. The van der Waals surface area contributed by atoms with Crippen molar-refractivity contribution in [2.24, 2.45) is 0 Å². The number of amides is 1. The van der Waals surface area contributed by atoms with Crippen LogP contribution >= 0.6 is 0 Å². The van der Waals surface area contributed by atoms with E-state index >= 15 is 0 Å². The highest BCUT2D eigenvalue weighted by Gasteiger charge is 2.32. The van der Waals surface area contributed by atoms with Gasteiger partial charge in [-0.15, -0.1) is 0 Å². The largest absolute Gasteiger partial charge is 0.416 e. The third-order valence-electron chi connectivity index (χ3n) is 5.30. The van der Waals surface area contributed by atoms with Crippen LogP contribution in [0.25, 0.3) is 0 Å². The first-order chi connectivity index (χ1) is 15.0. The number of sulfonamides is 1. The number of nitrogens with one attached hydrogen (secondary N) is 1. The van der Waals surface area contributed by atoms with Gasteiger partial charge in [0.05, 0.1) is 17.5 Å². The zero-order chi connectivity index (χ0) is 23.4. The standard InChI is InChI=1S/C22H26F3N3O3S/c1-32(30,31)28(20-7-5-6-18(14-20)22(23,24)25)16-21(29)26-15-17-8-10-19(11-9-17)27-12-3-2-4-13-27/h5-11,14H,2-4,12-13,15-16H2,1H3,(H,26,29). The summed E-state index contributed by atoms with van der Waals surface area (Å²) in [5.41, 5.74) is 0.748. The van der Waals surface area contributed by atoms with Crippen molar-refractivity contribution in [3.05, 3.63) is 59.7 Å². The lowest BCUT2D eigenvalue weighted by Crippen LogP contribution is -2.40. The number of carbonyl (C=O) groups excluding carboxylic acids is 1. The third-order valence-corrected chi connectivity index (χ3v) is 6.44. The molecule has 1 aliphatic rings. The molecule has 2 aromatic carbocycles. The molecule has 0 radical (unpaired) electrons. The summed E-state index contributed by atoms with van der Waals surface area (Å²) in [5, 5.41) is 2.63. The Labute approximate surface area is 186 Å². The molecule has 0 bridgehead atoms. The van der Waals surface area contributed by atoms with Crippen LogP contribution in [-0.4, -0.2) is 40.2 Å². The molecule has 2 aromatic rings. The summed E-state index contributed by atoms with van der Waals surface area (Å²) in [4.78, 5) is 14.7. The SMILES string of the molecule is CS(=O)(=O)N(CC(=O)NCc1ccc(N2CCCCC2)cc1)c1cccc(C(F)(F)F)c1. The molecule has 174 valence electrons. The smallest absolute Gasteiger partial charge is 0.372 e. The fourth-order valence-corrected chi connectivity index (χ4v) is 4.45. The van der Waals surface area contributed by atoms with Gasteiger partial charge in [0.25, 0.3) is 0 Å². The van der Waals surface area contributed by atoms with Crippen LogP contribution in [0.5, 0.6) is 0 Å². The number of rotatable bonds is 7. The highest BCUT2D eigenvalue weighted by Crippen LogP contribution is 2.32. The van der Waals surface area contributed by atoms with Crippen molar-refractivity contribution in [2.75, 3.05) is 35.1 Å². The Morgan fingerprint density at radius 1 is 1.06 bits per heavy atom. The zero-order valence-electron chi connectivity index (χ0n) is 17.7. The molecule has 0 aromatic heterocycles. The van der Waals surface area contributed by atoms with Gasteiger partial charge in [-0.1, -0.05) is 18.2 Å². The second-order valence-corrected chi connectivity index (χ2v) is 9.72. The van der Waals surface area contributed by atoms with E-state index in [1.165, 1.54) is 25.3 Å². The molecule has 3 rings (SSSR count). The molecule has 0 unspecified atom stereocenters. The molecule has 6 nitrogen and oxygen atoms in total. The molecule has 1 saturated heterocycles. The summed E-state index contributed by atoms with van der Waals surface area (Å²) in [7, 11) is -3.98. The zero-order valence-corrected chi connectivity index (χ0v) is 18.5. The van der Waals surface area contributed by atoms with Crippen LogP contribution in [0.2, 0.25) is 0 Å². The molecule has 32 heavy (non-hydrogen) atoms. The van der Waals surface area contributed by atoms with E-state index in [0.29, 0.717) is 10.4 Å². The first kappa shape index (κ1) is 23.9. The molecule has 1 heterocycles. The average Bonchev–Trinajstić information content (AvgIpc) is 2.76. The first-order valence-electron chi connectivity index (χ1n) is 10.3. The molecule has 10 heteroatoms. The molecule has 1 N–H and O–H groups in total. The second-order valence-electron chi connectivity index (χ2n) is 7.81. The monoisotopic (exact) mass is 469 g/mol. The maximum atomic E-state index is 13.0. The predicted molar refractivity (Wildman–Crippen MR) is 118 cm³/mol. The van der Waals surface area contributed by atoms with Crippen LogP contribution in [0.15, 0.2) is 48.5 Å². The van der Waals surface area contributed by atoms with Crippen molar-refractivity contribution in [1.29, 1.82) is 0 Å². The molecule has 0 aliphatic carbocycles. The highest BCUT2D eigenvalue weighted by molar-refractivity contribution is 7.92. The van der Waals surface area contributed by atoms with Gasteiger partial charge < -0.3 is 10.2 Å². The van der Waals surface area contributed by atoms with E-state index in [9.17, 15) is 26.4 Å². The normalized spacial score (nSPS) is 14.8. The van der Waals surface area contributed by atoms with Crippen LogP contribution in [0, 0.1) is 0 Å². The first-order valence-corrected chi connectivity index (χ1v) is 12.1. The summed E-state index contributed by atoms with van der Waals surface area (Å²) in [6.45, 7) is 1.60. The van der Waals surface area contributed by atoms with Gasteiger partial charge in [0, 0.05) is 25.3 Å². The van der Waals surface area contributed by atoms with E-state index in [4.69, 9.17) is 0 Å². The molecule has 1 amide bonds. The predicted octanol–water partition coefficient (Wildman–Crippen LogP) is 3.78. The van der Waals surface area contributed by atoms with Gasteiger partial charge in [0.1, 0.15) is 6.54 Å². The molecular weight excluding hydrogens is 443 g/mol. The minimum atomic E-state index is -4.62. The number of hydrogen-bond donors (Lipinski definition) is 1. The van der Waals surface area contributed by atoms with E-state index in [0.717, 1.165) is 42.7 Å². The van der Waals surface area contributed by atoms with Gasteiger partial charge in [-0.2, -0.15) is 13.2 Å². The molecule has 0 atom stereocenters. The van der Waals surface area contributed by atoms with Gasteiger partial charge in [0.2, 0.25) is 15.9 Å². The quantitative estimate of drug-likeness (QED) is 0.670. The van der Waals surface area contributed by atoms with Crippen molar-refractivity contribution in [1.82, 2.24) is 5.32 Å². The number of alkyl halides is 3. The molecular formula is C22H26F3N3O3S. The Kier molecular flexibility index (Phi) is 7.33. The average molecular weight is 470 g/mol. The topological polar surface area (TPSA) is 69.7 Å². The summed E-state index contributed by atoms with van der Waals surface area (Å²) < 4.78 is 64.0. The maximum Gasteiger partial charge on any atom is 0.416 e. The summed E-state index contributed by atoms with van der Waals surface area (Å²) >= 11 is 0. The van der Waals surface area contributed by atoms with Crippen molar-refractivity contribution in [2.45, 2.75) is 32.0 Å². The Morgan fingerprint density at radius 2 is 1.72 bits per heavy atom. The second kappa shape index (κ2) is 9.81. The van der Waals surface area contributed by atoms with E-state index in [2.05, 4.69) is 10.2 Å². The van der Waals surface area contributed by atoms with Crippen molar-refractivity contribution in [3.8, 4) is 0 Å². The minimum absolute atomic E-state index is 0.180. The number of benzene rings is 2. The third kappa shape index (κ3) is 6.38. The lowest BCUT2D eigenvalue weighted by atomic mass is 10.1. The number of carbonyl (C=O) groups is 1. The van der Waals surface area contributed by atoms with Crippen LogP contribution < -0.4 is 14.5 Å². The molecule has 0 saturated carbocycles. The van der Waals surface area contributed by atoms with Gasteiger partial charge in [-0.05, 0) is 55.2 Å². The Balaban J connectivity index is 1.64. The van der Waals surface area contributed by atoms with Crippen molar-refractivity contribution >= 4 is 27.3 Å². The highest BCUT2D eigenvalue weighted by atomic mass is 32.2. The van der Waals surface area contributed by atoms with Gasteiger partial charge in [-0.25, -0.2) is 8.42 Å². The molecule has 1 fully saturated rings. The summed E-state index contributed by atoms with van der Waals surface area (Å²) in [6.07, 6.45) is -0.200. The lowest BCUT2D eigenvalue weighted by molar-refractivity contribution is -0.137. The summed E-state index contributed by atoms with van der Waals surface area (Å²) in [5.74, 6) is -0.618. The van der Waals surface area contributed by atoms with Crippen LogP contribution in [0.4, 0.5) is 24.5 Å². The van der Waals surface area contributed by atoms with Crippen LogP contribution in [0.3, 0.4) is 0 Å². The van der Waals surface area contributed by atoms with E-state index in [1.54, 1.807) is 0 Å². The van der Waals surface area contributed by atoms with Crippen molar-refractivity contribution in [3.63, 3.8) is 0 Å². The lowest BCUT2D eigenvalue weighted by Gasteiger charge is -2.28. The van der Waals surface area contributed by atoms with Crippen LogP contribution in [-0.2, 0) is 27.5 Å². The fraction of sp³-hybridized carbons (Fsp3) is 0.409. The Morgan fingerprint density at radius 3 is 2.31 bits per heavy atom. The van der Waals surface area contributed by atoms with Crippen LogP contribution in [0.1, 0.15) is 30.4 Å². The Hall–Kier alpha value is -2.75. The van der Waals surface area contributed by atoms with Gasteiger partial charge >= 0.3 is 6.18 Å². The number of hydrogen-bond acceptors (Lipinski definition) is 4. The molecule has 0 spiro atoms. The van der Waals surface area contributed by atoms with Gasteiger partial charge in [-0.3, -0.25) is 9.10 Å². The number of halogens is 3. The van der Waals surface area contributed by atoms with Crippen molar-refractivity contribution < 1.29 is 26.4 Å². The van der Waals surface area contributed by atoms with E-state index < -0.39 is 34.2 Å². The minimum Gasteiger partial charge on any atom is -0.372 e. The number of nitrogens with zero attached hydrogens (tertiary/aromatic N) is 2. The van der Waals surface area contributed by atoms with E-state index in [-0.39, 0.29) is 12.2 Å². The summed E-state index contributed by atoms with van der Waals surface area (Å²) in [6, 6.07) is 11.7. The maximum absolute atomic E-state index is 13.0. The number of anilines is 2. The van der Waals surface area contributed by atoms with Gasteiger partial charge in [0.15, 0.2) is 0 Å². The number of piperidine rings is 1.